The molecular formula is C51H36N2. The summed E-state index contributed by atoms with van der Waals surface area (Å²) >= 11 is 0. The van der Waals surface area contributed by atoms with Gasteiger partial charge in [-0.05, 0) is 90.3 Å². The molecule has 0 saturated carbocycles. The average Bonchev–Trinajstić information content (AvgIpc) is 3.45. The van der Waals surface area contributed by atoms with Crippen molar-refractivity contribution in [2.24, 2.45) is 0 Å². The topological polar surface area (TPSA) is 25.8 Å². The third-order valence-corrected chi connectivity index (χ3v) is 11.1. The Morgan fingerprint density at radius 3 is 1.66 bits per heavy atom. The van der Waals surface area contributed by atoms with Crippen molar-refractivity contribution in [1.29, 1.82) is 0 Å². The summed E-state index contributed by atoms with van der Waals surface area (Å²) in [6.45, 7) is 4.66. The van der Waals surface area contributed by atoms with Crippen LogP contribution in [0.5, 0.6) is 0 Å². The van der Waals surface area contributed by atoms with Crippen LogP contribution in [0.2, 0.25) is 0 Å². The summed E-state index contributed by atoms with van der Waals surface area (Å²) in [6, 6.07) is 65.4. The van der Waals surface area contributed by atoms with E-state index in [1.54, 1.807) is 0 Å². The lowest BCUT2D eigenvalue weighted by atomic mass is 9.82. The minimum atomic E-state index is 0.00268. The second kappa shape index (κ2) is 12.3. The highest BCUT2D eigenvalue weighted by Crippen LogP contribution is 2.49. The summed E-state index contributed by atoms with van der Waals surface area (Å²) < 4.78 is 0. The molecule has 250 valence electrons. The van der Waals surface area contributed by atoms with Gasteiger partial charge in [-0.1, -0.05) is 172 Å². The van der Waals surface area contributed by atoms with E-state index in [-0.39, 0.29) is 5.41 Å². The van der Waals surface area contributed by atoms with E-state index in [1.165, 1.54) is 60.7 Å². The zero-order chi connectivity index (χ0) is 35.5. The minimum Gasteiger partial charge on any atom is -0.228 e. The number of benzene rings is 8. The van der Waals surface area contributed by atoms with Crippen molar-refractivity contribution in [3.63, 3.8) is 0 Å². The molecule has 0 spiro atoms. The lowest BCUT2D eigenvalue weighted by molar-refractivity contribution is 0.660. The summed E-state index contributed by atoms with van der Waals surface area (Å²) in [5.74, 6) is 0.712. The predicted molar refractivity (Wildman–Crippen MR) is 222 cm³/mol. The molecule has 0 amide bonds. The molecule has 9 aromatic rings. The van der Waals surface area contributed by atoms with Crippen LogP contribution >= 0.6 is 0 Å². The Labute approximate surface area is 310 Å². The first-order chi connectivity index (χ1) is 26.0. The van der Waals surface area contributed by atoms with E-state index in [4.69, 9.17) is 9.97 Å². The van der Waals surface area contributed by atoms with Crippen molar-refractivity contribution in [2.45, 2.75) is 19.3 Å². The largest absolute Gasteiger partial charge is 0.228 e. The predicted octanol–water partition coefficient (Wildman–Crippen LogP) is 13.4. The molecule has 1 aliphatic rings. The zero-order valence-corrected chi connectivity index (χ0v) is 29.7. The van der Waals surface area contributed by atoms with Gasteiger partial charge in [0.15, 0.2) is 5.82 Å². The van der Waals surface area contributed by atoms with Crippen LogP contribution in [0.1, 0.15) is 25.0 Å². The molecule has 0 fully saturated rings. The van der Waals surface area contributed by atoms with E-state index < -0.39 is 0 Å². The third-order valence-electron chi connectivity index (χ3n) is 11.1. The third kappa shape index (κ3) is 5.26. The van der Waals surface area contributed by atoms with E-state index in [0.717, 1.165) is 33.5 Å². The van der Waals surface area contributed by atoms with Crippen LogP contribution < -0.4 is 0 Å². The molecule has 1 heterocycles. The number of aromatic nitrogens is 2. The van der Waals surface area contributed by atoms with Crippen molar-refractivity contribution in [3.05, 3.63) is 193 Å². The highest BCUT2D eigenvalue weighted by molar-refractivity contribution is 6.05. The molecule has 2 nitrogen and oxygen atoms in total. The Morgan fingerprint density at radius 2 is 0.887 bits per heavy atom. The Balaban J connectivity index is 1.07. The molecule has 53 heavy (non-hydrogen) atoms. The standard InChI is InChI=1S/C51H36N2/c1-51(2)46-20-12-11-19-43(46)45-31-38(25-28-47(45)51)36-21-22-37-30-39(24-23-35(37)29-36)50-52-48(34-15-7-4-8-16-34)32-49(53-50)44-27-26-40(33-13-5-3-6-14-33)41-17-9-10-18-42(41)44/h3-32H,1-2H3. The van der Waals surface area contributed by atoms with Crippen LogP contribution in [0.4, 0.5) is 0 Å². The van der Waals surface area contributed by atoms with E-state index in [9.17, 15) is 0 Å². The smallest absolute Gasteiger partial charge is 0.160 e. The lowest BCUT2D eigenvalue weighted by Crippen LogP contribution is -2.14. The summed E-state index contributed by atoms with van der Waals surface area (Å²) in [5, 5.41) is 4.72. The maximum absolute atomic E-state index is 5.28. The molecule has 0 N–H and O–H groups in total. The van der Waals surface area contributed by atoms with Crippen LogP contribution in [0.25, 0.3) is 88.8 Å². The molecule has 8 aromatic carbocycles. The maximum atomic E-state index is 5.28. The normalized spacial score (nSPS) is 12.9. The molecule has 0 unspecified atom stereocenters. The van der Waals surface area contributed by atoms with Gasteiger partial charge in [-0.15, -0.1) is 0 Å². The van der Waals surface area contributed by atoms with Crippen molar-refractivity contribution in [2.75, 3.05) is 0 Å². The maximum Gasteiger partial charge on any atom is 0.160 e. The minimum absolute atomic E-state index is 0.00268. The van der Waals surface area contributed by atoms with Crippen molar-refractivity contribution in [3.8, 4) is 67.3 Å². The van der Waals surface area contributed by atoms with Gasteiger partial charge < -0.3 is 0 Å². The quantitative estimate of drug-likeness (QED) is 0.181. The first-order valence-corrected chi connectivity index (χ1v) is 18.3. The molecule has 0 bridgehead atoms. The van der Waals surface area contributed by atoms with Crippen LogP contribution in [-0.2, 0) is 5.41 Å². The fraction of sp³-hybridized carbons (Fsp3) is 0.0588. The first-order valence-electron chi connectivity index (χ1n) is 18.3. The molecule has 0 saturated heterocycles. The van der Waals surface area contributed by atoms with Crippen molar-refractivity contribution < 1.29 is 0 Å². The fourth-order valence-electron chi connectivity index (χ4n) is 8.33. The van der Waals surface area contributed by atoms with Gasteiger partial charge in [-0.3, -0.25) is 0 Å². The van der Waals surface area contributed by atoms with Crippen molar-refractivity contribution >= 4 is 21.5 Å². The summed E-state index contributed by atoms with van der Waals surface area (Å²) in [7, 11) is 0. The molecular weight excluding hydrogens is 641 g/mol. The number of hydrogen-bond donors (Lipinski definition) is 0. The summed E-state index contributed by atoms with van der Waals surface area (Å²) in [4.78, 5) is 10.4. The van der Waals surface area contributed by atoms with E-state index in [1.807, 2.05) is 6.07 Å². The van der Waals surface area contributed by atoms with Crippen LogP contribution in [0, 0.1) is 0 Å². The van der Waals surface area contributed by atoms with E-state index >= 15 is 0 Å². The Morgan fingerprint density at radius 1 is 0.340 bits per heavy atom. The summed E-state index contributed by atoms with van der Waals surface area (Å²) in [6.07, 6.45) is 0. The molecule has 1 aliphatic carbocycles. The Kier molecular flexibility index (Phi) is 7.19. The molecule has 10 rings (SSSR count). The molecule has 2 heteroatoms. The Bertz CT molecular complexity index is 2850. The first kappa shape index (κ1) is 31.1. The van der Waals surface area contributed by atoms with Crippen molar-refractivity contribution in [1.82, 2.24) is 9.97 Å². The Hall–Kier alpha value is -6.64. The average molecular weight is 677 g/mol. The molecule has 0 atom stereocenters. The number of rotatable bonds is 5. The van der Waals surface area contributed by atoms with Gasteiger partial charge in [-0.2, -0.15) is 0 Å². The number of fused-ring (bicyclic) bond motifs is 5. The second-order valence-corrected chi connectivity index (χ2v) is 14.6. The van der Waals surface area contributed by atoms with Crippen LogP contribution in [0.15, 0.2) is 182 Å². The van der Waals surface area contributed by atoms with Gasteiger partial charge >= 0.3 is 0 Å². The van der Waals surface area contributed by atoms with Gasteiger partial charge in [0.2, 0.25) is 0 Å². The molecule has 0 radical (unpaired) electrons. The zero-order valence-electron chi connectivity index (χ0n) is 29.7. The number of nitrogens with zero attached hydrogens (tertiary/aromatic N) is 2. The summed E-state index contributed by atoms with van der Waals surface area (Å²) in [5.41, 5.74) is 15.3. The number of hydrogen-bond acceptors (Lipinski definition) is 2. The SMILES string of the molecule is CC1(C)c2ccccc2-c2cc(-c3ccc4cc(-c5nc(-c6ccccc6)cc(-c6ccc(-c7ccccc7)c7ccccc67)n5)ccc4c3)ccc21. The fourth-order valence-corrected chi connectivity index (χ4v) is 8.33. The second-order valence-electron chi connectivity index (χ2n) is 14.6. The van der Waals surface area contributed by atoms with Crippen LogP contribution in [-0.4, -0.2) is 9.97 Å². The highest BCUT2D eigenvalue weighted by Gasteiger charge is 2.35. The van der Waals surface area contributed by atoms with Gasteiger partial charge in [0, 0.05) is 22.1 Å². The molecule has 0 aliphatic heterocycles. The van der Waals surface area contributed by atoms with Gasteiger partial charge in [-0.25, -0.2) is 9.97 Å². The van der Waals surface area contributed by atoms with Gasteiger partial charge in [0.05, 0.1) is 11.4 Å². The van der Waals surface area contributed by atoms with Crippen LogP contribution in [0.3, 0.4) is 0 Å². The highest BCUT2D eigenvalue weighted by atomic mass is 14.9. The van der Waals surface area contributed by atoms with Gasteiger partial charge in [0.1, 0.15) is 0 Å². The molecule has 1 aromatic heterocycles. The van der Waals surface area contributed by atoms with E-state index in [0.29, 0.717) is 5.82 Å². The van der Waals surface area contributed by atoms with Gasteiger partial charge in [0.25, 0.3) is 0 Å². The van der Waals surface area contributed by atoms with E-state index in [2.05, 4.69) is 190 Å². The lowest BCUT2D eigenvalue weighted by Gasteiger charge is -2.21. The monoisotopic (exact) mass is 676 g/mol.